The Kier molecular flexibility index (Phi) is 4.03. The highest BCUT2D eigenvalue weighted by Crippen LogP contribution is 2.31. The first-order valence-corrected chi connectivity index (χ1v) is 8.50. The molecule has 1 saturated carbocycles. The van der Waals surface area contributed by atoms with E-state index >= 15 is 0 Å². The van der Waals surface area contributed by atoms with Gasteiger partial charge < -0.3 is 20.3 Å². The van der Waals surface area contributed by atoms with E-state index in [4.69, 9.17) is 4.74 Å². The first-order valence-electron chi connectivity index (χ1n) is 8.50. The summed E-state index contributed by atoms with van der Waals surface area (Å²) in [4.78, 5) is 22.6. The van der Waals surface area contributed by atoms with Gasteiger partial charge in [0.1, 0.15) is 18.0 Å². The number of anilines is 2. The minimum Gasteiger partial charge on any atom is -0.379 e. The Morgan fingerprint density at radius 2 is 1.91 bits per heavy atom. The van der Waals surface area contributed by atoms with Crippen LogP contribution in [0, 0.1) is 0 Å². The molecule has 7 heteroatoms. The summed E-state index contributed by atoms with van der Waals surface area (Å²) in [5.74, 6) is 1.84. The molecule has 0 radical (unpaired) electrons. The third kappa shape index (κ3) is 3.55. The molecule has 3 fully saturated rings. The van der Waals surface area contributed by atoms with Crippen LogP contribution in [0.4, 0.5) is 11.6 Å². The molecule has 1 aliphatic carbocycles. The van der Waals surface area contributed by atoms with Crippen molar-refractivity contribution in [1.29, 1.82) is 0 Å². The van der Waals surface area contributed by atoms with E-state index in [0.717, 1.165) is 57.1 Å². The fourth-order valence-corrected chi connectivity index (χ4v) is 3.36. The minimum absolute atomic E-state index is 0.142. The lowest BCUT2D eigenvalue weighted by molar-refractivity contribution is -0.128. The zero-order valence-corrected chi connectivity index (χ0v) is 13.2. The van der Waals surface area contributed by atoms with Gasteiger partial charge in [0.2, 0.25) is 5.91 Å². The lowest BCUT2D eigenvalue weighted by atomic mass is 10.1. The van der Waals surface area contributed by atoms with Gasteiger partial charge in [0, 0.05) is 31.7 Å². The zero-order chi connectivity index (χ0) is 15.6. The number of ether oxygens (including phenoxy) is 1. The van der Waals surface area contributed by atoms with Crippen LogP contribution in [0.3, 0.4) is 0 Å². The molecule has 7 nitrogen and oxygen atoms in total. The van der Waals surface area contributed by atoms with E-state index in [-0.39, 0.29) is 11.9 Å². The molecule has 1 amide bonds. The normalized spacial score (nSPS) is 28.0. The topological polar surface area (TPSA) is 79.4 Å². The van der Waals surface area contributed by atoms with Crippen LogP contribution >= 0.6 is 0 Å². The molecular weight excluding hydrogens is 294 g/mol. The maximum absolute atomic E-state index is 12.0. The fourth-order valence-electron chi connectivity index (χ4n) is 3.36. The molecule has 0 bridgehead atoms. The van der Waals surface area contributed by atoms with Crippen molar-refractivity contribution in [2.45, 2.75) is 50.2 Å². The number of rotatable bonds is 5. The molecule has 23 heavy (non-hydrogen) atoms. The standard InChI is InChI=1S/C16H23N5O2/c22-16-6-12(8-21(16)13-3-4-13)20-15-7-14(17-10-18-15)19-11-2-1-5-23-9-11/h7,10-13H,1-6,8-9H2,(H2,17,18,19,20). The second kappa shape index (κ2) is 6.31. The molecule has 0 aromatic carbocycles. The third-order valence-corrected chi connectivity index (χ3v) is 4.68. The predicted molar refractivity (Wildman–Crippen MR) is 86.3 cm³/mol. The van der Waals surface area contributed by atoms with Crippen molar-refractivity contribution < 1.29 is 9.53 Å². The van der Waals surface area contributed by atoms with E-state index in [1.54, 1.807) is 6.33 Å². The summed E-state index contributed by atoms with van der Waals surface area (Å²) in [6.07, 6.45) is 6.60. The third-order valence-electron chi connectivity index (χ3n) is 4.68. The van der Waals surface area contributed by atoms with Crippen LogP contribution in [0.15, 0.2) is 12.4 Å². The highest BCUT2D eigenvalue weighted by atomic mass is 16.5. The van der Waals surface area contributed by atoms with Crippen molar-refractivity contribution in [3.8, 4) is 0 Å². The fraction of sp³-hybridized carbons (Fsp3) is 0.688. The van der Waals surface area contributed by atoms with E-state index in [0.29, 0.717) is 18.5 Å². The Morgan fingerprint density at radius 1 is 1.13 bits per heavy atom. The highest BCUT2D eigenvalue weighted by Gasteiger charge is 2.39. The molecular formula is C16H23N5O2. The van der Waals surface area contributed by atoms with E-state index in [1.807, 2.05) is 11.0 Å². The lowest BCUT2D eigenvalue weighted by Crippen LogP contribution is -2.31. The van der Waals surface area contributed by atoms with Gasteiger partial charge in [0.15, 0.2) is 0 Å². The van der Waals surface area contributed by atoms with Crippen LogP contribution in [-0.2, 0) is 9.53 Å². The molecule has 2 aliphatic heterocycles. The number of amides is 1. The number of hydrogen-bond donors (Lipinski definition) is 2. The molecule has 0 spiro atoms. The molecule has 2 atom stereocenters. The van der Waals surface area contributed by atoms with Crippen LogP contribution < -0.4 is 10.6 Å². The van der Waals surface area contributed by atoms with Crippen molar-refractivity contribution in [3.05, 3.63) is 12.4 Å². The maximum atomic E-state index is 12.0. The monoisotopic (exact) mass is 317 g/mol. The second-order valence-corrected chi connectivity index (χ2v) is 6.67. The van der Waals surface area contributed by atoms with E-state index in [9.17, 15) is 4.79 Å². The summed E-state index contributed by atoms with van der Waals surface area (Å²) < 4.78 is 5.48. The van der Waals surface area contributed by atoms with Crippen molar-refractivity contribution in [2.24, 2.45) is 0 Å². The first kappa shape index (κ1) is 14.7. The van der Waals surface area contributed by atoms with Gasteiger partial charge in [0.25, 0.3) is 0 Å². The van der Waals surface area contributed by atoms with Crippen LogP contribution in [0.25, 0.3) is 0 Å². The predicted octanol–water partition coefficient (Wildman–Crippen LogP) is 1.24. The second-order valence-electron chi connectivity index (χ2n) is 6.67. The van der Waals surface area contributed by atoms with Crippen LogP contribution in [-0.4, -0.2) is 58.7 Å². The Bertz CT molecular complexity index is 571. The summed E-state index contributed by atoms with van der Waals surface area (Å²) >= 11 is 0. The summed E-state index contributed by atoms with van der Waals surface area (Å²) in [6.45, 7) is 2.36. The molecule has 2 saturated heterocycles. The van der Waals surface area contributed by atoms with Crippen molar-refractivity contribution in [3.63, 3.8) is 0 Å². The summed E-state index contributed by atoms with van der Waals surface area (Å²) in [6, 6.07) is 2.86. The van der Waals surface area contributed by atoms with Gasteiger partial charge in [-0.25, -0.2) is 9.97 Å². The summed E-state index contributed by atoms with van der Waals surface area (Å²) in [5.41, 5.74) is 0. The van der Waals surface area contributed by atoms with E-state index in [2.05, 4.69) is 20.6 Å². The van der Waals surface area contributed by atoms with Gasteiger partial charge in [-0.2, -0.15) is 0 Å². The quantitative estimate of drug-likeness (QED) is 0.851. The molecule has 1 aromatic heterocycles. The zero-order valence-electron chi connectivity index (χ0n) is 13.2. The lowest BCUT2D eigenvalue weighted by Gasteiger charge is -2.23. The average Bonchev–Trinajstić information content (AvgIpc) is 3.33. The number of nitrogens with one attached hydrogen (secondary N) is 2. The van der Waals surface area contributed by atoms with Crippen LogP contribution in [0.1, 0.15) is 32.1 Å². The van der Waals surface area contributed by atoms with Gasteiger partial charge >= 0.3 is 0 Å². The maximum Gasteiger partial charge on any atom is 0.225 e. The van der Waals surface area contributed by atoms with Gasteiger partial charge in [-0.15, -0.1) is 0 Å². The van der Waals surface area contributed by atoms with Crippen LogP contribution in [0.5, 0.6) is 0 Å². The number of hydrogen-bond acceptors (Lipinski definition) is 6. The molecule has 1 aromatic rings. The number of aromatic nitrogens is 2. The largest absolute Gasteiger partial charge is 0.379 e. The summed E-state index contributed by atoms with van der Waals surface area (Å²) in [5, 5.41) is 6.78. The van der Waals surface area contributed by atoms with Crippen LogP contribution in [0.2, 0.25) is 0 Å². The Balaban J connectivity index is 1.35. The molecule has 3 aliphatic rings. The van der Waals surface area contributed by atoms with Gasteiger partial charge in [0.05, 0.1) is 18.7 Å². The van der Waals surface area contributed by atoms with Gasteiger partial charge in [-0.1, -0.05) is 0 Å². The first-order chi connectivity index (χ1) is 11.3. The van der Waals surface area contributed by atoms with Crippen molar-refractivity contribution >= 4 is 17.5 Å². The summed E-state index contributed by atoms with van der Waals surface area (Å²) in [7, 11) is 0. The molecule has 2 unspecified atom stereocenters. The van der Waals surface area contributed by atoms with Gasteiger partial charge in [-0.3, -0.25) is 4.79 Å². The Morgan fingerprint density at radius 3 is 2.61 bits per heavy atom. The Hall–Kier alpha value is -1.89. The number of likely N-dealkylation sites (tertiary alicyclic amines) is 1. The average molecular weight is 317 g/mol. The van der Waals surface area contributed by atoms with Crippen molar-refractivity contribution in [2.75, 3.05) is 30.4 Å². The SMILES string of the molecule is O=C1CC(Nc2cc(NC3CCCOC3)ncn2)CN1C1CC1. The number of carbonyl (C=O) groups is 1. The number of nitrogens with zero attached hydrogens (tertiary/aromatic N) is 3. The molecule has 3 heterocycles. The highest BCUT2D eigenvalue weighted by molar-refractivity contribution is 5.80. The molecule has 2 N–H and O–H groups in total. The number of carbonyl (C=O) groups excluding carboxylic acids is 1. The smallest absolute Gasteiger partial charge is 0.225 e. The van der Waals surface area contributed by atoms with E-state index in [1.165, 1.54) is 0 Å². The van der Waals surface area contributed by atoms with Crippen molar-refractivity contribution in [1.82, 2.24) is 14.9 Å². The molecule has 4 rings (SSSR count). The molecule has 124 valence electrons. The Labute approximate surface area is 135 Å². The van der Waals surface area contributed by atoms with E-state index < -0.39 is 0 Å². The van der Waals surface area contributed by atoms with Gasteiger partial charge in [-0.05, 0) is 25.7 Å². The minimum atomic E-state index is 0.142.